The number of allylic oxidation sites excluding steroid dienone is 3. The van der Waals surface area contributed by atoms with Crippen LogP contribution in [0.2, 0.25) is 0 Å². The lowest BCUT2D eigenvalue weighted by atomic mass is 9.47. The molecule has 5 rings (SSSR count). The lowest BCUT2D eigenvalue weighted by molar-refractivity contribution is -0.132. The largest absolute Gasteiger partial charge is 0.327 e. The van der Waals surface area contributed by atoms with Gasteiger partial charge < -0.3 is 5.73 Å². The number of rotatable bonds is 2. The maximum Gasteiger partial charge on any atom is 0.192 e. The molecule has 0 bridgehead atoms. The van der Waals surface area contributed by atoms with Gasteiger partial charge in [-0.15, -0.1) is 0 Å². The summed E-state index contributed by atoms with van der Waals surface area (Å²) in [5.41, 5.74) is 7.60. The molecule has 6 atom stereocenters. The summed E-state index contributed by atoms with van der Waals surface area (Å²) in [6.07, 6.45) is 8.53. The van der Waals surface area contributed by atoms with E-state index in [-0.39, 0.29) is 22.7 Å². The van der Waals surface area contributed by atoms with Crippen molar-refractivity contribution < 1.29 is 9.59 Å². The van der Waals surface area contributed by atoms with E-state index in [4.69, 9.17) is 5.73 Å². The average molecular weight is 408 g/mol. The molecule has 152 valence electrons. The summed E-state index contributed by atoms with van der Waals surface area (Å²) in [6.45, 7) is 4.49. The Bertz CT molecular complexity index is 935. The Kier molecular flexibility index (Phi) is 4.45. The molecule has 4 heteroatoms. The second-order valence-corrected chi connectivity index (χ2v) is 10.9. The summed E-state index contributed by atoms with van der Waals surface area (Å²) in [6, 6.07) is 10.2. The van der Waals surface area contributed by atoms with Crippen LogP contribution in [0.25, 0.3) is 0 Å². The quantitative estimate of drug-likeness (QED) is 0.756. The van der Waals surface area contributed by atoms with Gasteiger partial charge in [0.25, 0.3) is 0 Å². The Labute approximate surface area is 177 Å². The second kappa shape index (κ2) is 6.68. The molecule has 1 aromatic carbocycles. The van der Waals surface area contributed by atoms with Gasteiger partial charge in [-0.1, -0.05) is 55.5 Å². The molecular formula is C25H29NO2S. The van der Waals surface area contributed by atoms with E-state index in [1.807, 2.05) is 24.3 Å². The molecule has 3 nitrogen and oxygen atoms in total. The Balaban J connectivity index is 1.52. The van der Waals surface area contributed by atoms with Crippen molar-refractivity contribution in [2.75, 3.05) is 0 Å². The van der Waals surface area contributed by atoms with Crippen LogP contribution in [0.1, 0.15) is 46.0 Å². The van der Waals surface area contributed by atoms with Gasteiger partial charge >= 0.3 is 0 Å². The topological polar surface area (TPSA) is 60.2 Å². The number of hydrogen-bond donors (Lipinski definition) is 1. The number of nitrogens with two attached hydrogens (primary N) is 1. The average Bonchev–Trinajstić information content (AvgIpc) is 3.00. The maximum absolute atomic E-state index is 12.9. The Morgan fingerprint density at radius 1 is 1.07 bits per heavy atom. The molecule has 1 aromatic rings. The molecule has 29 heavy (non-hydrogen) atoms. The van der Waals surface area contributed by atoms with Crippen molar-refractivity contribution in [2.24, 2.45) is 34.3 Å². The Morgan fingerprint density at radius 2 is 1.83 bits per heavy atom. The highest BCUT2D eigenvalue weighted by Crippen LogP contribution is 2.63. The summed E-state index contributed by atoms with van der Waals surface area (Å²) >= 11 is 1.57. The number of carbonyl (C=O) groups excluding carboxylic acids is 2. The Morgan fingerprint density at radius 3 is 2.59 bits per heavy atom. The fraction of sp³-hybridized carbons (Fsp3) is 0.520. The minimum Gasteiger partial charge on any atom is -0.327 e. The van der Waals surface area contributed by atoms with Crippen LogP contribution in [0.4, 0.5) is 0 Å². The van der Waals surface area contributed by atoms with Gasteiger partial charge in [-0.25, -0.2) is 0 Å². The van der Waals surface area contributed by atoms with Crippen molar-refractivity contribution in [3.63, 3.8) is 0 Å². The van der Waals surface area contributed by atoms with Gasteiger partial charge in [0, 0.05) is 28.2 Å². The molecule has 0 saturated heterocycles. The van der Waals surface area contributed by atoms with Gasteiger partial charge in [-0.2, -0.15) is 0 Å². The van der Waals surface area contributed by atoms with E-state index in [1.54, 1.807) is 11.8 Å². The second-order valence-electron chi connectivity index (χ2n) is 9.82. The van der Waals surface area contributed by atoms with Gasteiger partial charge in [0.05, 0.1) is 4.91 Å². The molecule has 4 aliphatic carbocycles. The zero-order chi connectivity index (χ0) is 20.4. The zero-order valence-electron chi connectivity index (χ0n) is 17.2. The van der Waals surface area contributed by atoms with Gasteiger partial charge in [-0.3, -0.25) is 9.59 Å². The van der Waals surface area contributed by atoms with Crippen molar-refractivity contribution in [1.29, 1.82) is 0 Å². The molecule has 0 aliphatic heterocycles. The van der Waals surface area contributed by atoms with E-state index in [0.717, 1.165) is 35.5 Å². The van der Waals surface area contributed by atoms with E-state index < -0.39 is 0 Å². The summed E-state index contributed by atoms with van der Waals surface area (Å²) in [7, 11) is 0. The minimum atomic E-state index is -0.188. The van der Waals surface area contributed by atoms with Crippen LogP contribution >= 0.6 is 11.8 Å². The number of fused-ring (bicyclic) bond motifs is 5. The third kappa shape index (κ3) is 2.83. The first-order valence-electron chi connectivity index (χ1n) is 10.8. The van der Waals surface area contributed by atoms with Crippen molar-refractivity contribution in [1.82, 2.24) is 0 Å². The molecule has 2 N–H and O–H groups in total. The highest BCUT2D eigenvalue weighted by molar-refractivity contribution is 8.04. The van der Waals surface area contributed by atoms with Gasteiger partial charge in [0.2, 0.25) is 0 Å². The van der Waals surface area contributed by atoms with Crippen LogP contribution in [0.15, 0.2) is 57.9 Å². The molecule has 3 saturated carbocycles. The molecule has 0 amide bonds. The van der Waals surface area contributed by atoms with Crippen LogP contribution in [0, 0.1) is 28.6 Å². The van der Waals surface area contributed by atoms with Crippen LogP contribution in [-0.2, 0) is 9.59 Å². The van der Waals surface area contributed by atoms with Crippen molar-refractivity contribution in [3.8, 4) is 0 Å². The standard InChI is InChI=1S/C25H29NO2S/c1-24-11-10-18-23(17(24)8-9-22(24)28)19(26)12-15-13-20(27)21(14-25(15,18)2)29-16-6-4-3-5-7-16/h3-7,13-14,17-19,23H,8-12,26H2,1-2H3/t17-,18-,19+,23-,24-,25-/m0/s1. The first kappa shape index (κ1) is 19.3. The molecule has 0 spiro atoms. The summed E-state index contributed by atoms with van der Waals surface area (Å²) in [4.78, 5) is 27.5. The fourth-order valence-corrected chi connectivity index (χ4v) is 7.80. The number of benzene rings is 1. The summed E-state index contributed by atoms with van der Waals surface area (Å²) < 4.78 is 0. The number of ketones is 2. The lowest BCUT2D eigenvalue weighted by Crippen LogP contribution is -2.57. The third-order valence-electron chi connectivity index (χ3n) is 8.40. The Hall–Kier alpha value is -1.65. The number of carbonyl (C=O) groups is 2. The van der Waals surface area contributed by atoms with Crippen molar-refractivity contribution >= 4 is 23.3 Å². The monoisotopic (exact) mass is 407 g/mol. The van der Waals surface area contributed by atoms with E-state index in [1.165, 1.54) is 5.57 Å². The molecule has 3 fully saturated rings. The fourth-order valence-electron chi connectivity index (χ4n) is 6.79. The zero-order valence-corrected chi connectivity index (χ0v) is 18.0. The van der Waals surface area contributed by atoms with Crippen molar-refractivity contribution in [2.45, 2.75) is 56.9 Å². The summed E-state index contributed by atoms with van der Waals surface area (Å²) in [5, 5.41) is 0. The molecule has 0 aromatic heterocycles. The minimum absolute atomic E-state index is 0.0411. The number of hydrogen-bond acceptors (Lipinski definition) is 4. The molecule has 0 radical (unpaired) electrons. The van der Waals surface area contributed by atoms with Gasteiger partial charge in [0.15, 0.2) is 5.78 Å². The van der Waals surface area contributed by atoms with Crippen LogP contribution in [0.5, 0.6) is 0 Å². The van der Waals surface area contributed by atoms with Gasteiger partial charge in [0.1, 0.15) is 5.78 Å². The van der Waals surface area contributed by atoms with E-state index in [2.05, 4.69) is 32.1 Å². The predicted molar refractivity (Wildman–Crippen MR) is 116 cm³/mol. The van der Waals surface area contributed by atoms with Crippen molar-refractivity contribution in [3.05, 3.63) is 53.0 Å². The molecule has 0 unspecified atom stereocenters. The number of thioether (sulfide) groups is 1. The third-order valence-corrected chi connectivity index (χ3v) is 9.45. The highest BCUT2D eigenvalue weighted by Gasteiger charge is 2.60. The van der Waals surface area contributed by atoms with E-state index in [0.29, 0.717) is 30.0 Å². The first-order valence-corrected chi connectivity index (χ1v) is 11.6. The maximum atomic E-state index is 12.9. The number of Topliss-reactive ketones (excluding diaryl/α,β-unsaturated/α-hetero) is 1. The van der Waals surface area contributed by atoms with E-state index in [9.17, 15) is 9.59 Å². The highest BCUT2D eigenvalue weighted by atomic mass is 32.2. The molecular weight excluding hydrogens is 378 g/mol. The van der Waals surface area contributed by atoms with Crippen LogP contribution in [-0.4, -0.2) is 17.6 Å². The predicted octanol–water partition coefficient (Wildman–Crippen LogP) is 4.92. The van der Waals surface area contributed by atoms with Gasteiger partial charge in [-0.05, 0) is 61.6 Å². The van der Waals surface area contributed by atoms with Crippen LogP contribution < -0.4 is 5.73 Å². The molecule has 4 aliphatic rings. The van der Waals surface area contributed by atoms with Crippen LogP contribution in [0.3, 0.4) is 0 Å². The van der Waals surface area contributed by atoms with E-state index >= 15 is 0 Å². The summed E-state index contributed by atoms with van der Waals surface area (Å²) in [5.74, 6) is 1.69. The SMILES string of the molecule is C[C@]12C=C(Sc3ccccc3)C(=O)C=C1C[C@@H](N)[C@@H]1[C@@H]2CC[C@]2(C)C(=O)CC[C@@H]12. The normalized spacial score (nSPS) is 41.2. The first-order chi connectivity index (χ1) is 13.8. The molecule has 0 heterocycles. The lowest BCUT2D eigenvalue weighted by Gasteiger charge is -2.57. The smallest absolute Gasteiger partial charge is 0.192 e.